The molecule has 3 rings (SSSR count). The second-order valence-electron chi connectivity index (χ2n) is 8.02. The van der Waals surface area contributed by atoms with Gasteiger partial charge in [0.25, 0.3) is 11.8 Å². The topological polar surface area (TPSA) is 87.7 Å². The second kappa shape index (κ2) is 10.5. The fraction of sp³-hybridized carbons (Fsp3) is 0.200. The van der Waals surface area contributed by atoms with Crippen LogP contribution in [0.3, 0.4) is 0 Å². The van der Waals surface area contributed by atoms with Gasteiger partial charge in [0.15, 0.2) is 17.7 Å². The Hall–Kier alpha value is -3.65. The van der Waals surface area contributed by atoms with Gasteiger partial charge in [-0.3, -0.25) is 9.59 Å². The van der Waals surface area contributed by atoms with Crippen molar-refractivity contribution in [1.29, 1.82) is 0 Å². The summed E-state index contributed by atoms with van der Waals surface area (Å²) in [7, 11) is 0. The molecule has 0 saturated heterocycles. The molecule has 0 aliphatic rings. The fourth-order valence-corrected chi connectivity index (χ4v) is 3.26. The van der Waals surface area contributed by atoms with Crippen molar-refractivity contribution in [2.24, 2.45) is 5.92 Å². The van der Waals surface area contributed by atoms with E-state index in [0.717, 1.165) is 23.8 Å². The molecule has 9 heteroatoms. The van der Waals surface area contributed by atoms with Crippen LogP contribution in [-0.4, -0.2) is 23.0 Å². The van der Waals surface area contributed by atoms with Gasteiger partial charge in [0, 0.05) is 11.6 Å². The summed E-state index contributed by atoms with van der Waals surface area (Å²) < 4.78 is 32.3. The lowest BCUT2D eigenvalue weighted by atomic mass is 10.1. The third-order valence-electron chi connectivity index (χ3n) is 4.92. The van der Waals surface area contributed by atoms with Crippen LogP contribution in [0.25, 0.3) is 0 Å². The summed E-state index contributed by atoms with van der Waals surface area (Å²) in [5, 5.41) is 15.4. The average Bonchev–Trinajstić information content (AvgIpc) is 2.78. The molecule has 0 aliphatic heterocycles. The number of carbonyl (C=O) groups is 2. The fourth-order valence-electron chi connectivity index (χ4n) is 3.05. The number of rotatable bonds is 7. The predicted molar refractivity (Wildman–Crippen MR) is 126 cm³/mol. The summed E-state index contributed by atoms with van der Waals surface area (Å²) in [4.78, 5) is 25.2. The molecule has 3 aromatic rings. The molecular formula is C25H23ClF2N2O4. The van der Waals surface area contributed by atoms with Crippen LogP contribution < -0.4 is 15.4 Å². The van der Waals surface area contributed by atoms with Gasteiger partial charge in [-0.15, -0.1) is 0 Å². The molecule has 0 radical (unpaired) electrons. The Bertz CT molecular complexity index is 1220. The van der Waals surface area contributed by atoms with Crippen molar-refractivity contribution in [2.75, 3.05) is 10.6 Å². The maximum atomic E-state index is 13.4. The van der Waals surface area contributed by atoms with Crippen LogP contribution in [0.2, 0.25) is 5.02 Å². The number of benzene rings is 3. The van der Waals surface area contributed by atoms with Gasteiger partial charge in [0.1, 0.15) is 11.5 Å². The highest BCUT2D eigenvalue weighted by molar-refractivity contribution is 6.34. The molecular weight excluding hydrogens is 466 g/mol. The quantitative estimate of drug-likeness (QED) is 0.360. The molecule has 3 N–H and O–H groups in total. The molecule has 0 saturated carbocycles. The number of anilines is 2. The van der Waals surface area contributed by atoms with Crippen molar-refractivity contribution >= 4 is 34.8 Å². The van der Waals surface area contributed by atoms with E-state index in [4.69, 9.17) is 16.3 Å². The van der Waals surface area contributed by atoms with Crippen molar-refractivity contribution in [3.05, 3.63) is 82.4 Å². The van der Waals surface area contributed by atoms with Crippen LogP contribution in [-0.2, 0) is 4.79 Å². The summed E-state index contributed by atoms with van der Waals surface area (Å²) in [6.07, 6.45) is -0.839. The smallest absolute Gasteiger partial charge is 0.265 e. The van der Waals surface area contributed by atoms with Gasteiger partial charge in [0.05, 0.1) is 16.4 Å². The number of hydrogen-bond acceptors (Lipinski definition) is 4. The zero-order chi connectivity index (χ0) is 25.0. The van der Waals surface area contributed by atoms with E-state index in [2.05, 4.69) is 10.6 Å². The summed E-state index contributed by atoms with van der Waals surface area (Å²) in [6.45, 7) is 5.60. The molecule has 178 valence electrons. The molecule has 0 aliphatic carbocycles. The maximum absolute atomic E-state index is 13.4. The number of nitrogens with one attached hydrogen (secondary N) is 2. The minimum Gasteiger partial charge on any atom is -0.506 e. The Kier molecular flexibility index (Phi) is 7.73. The van der Waals surface area contributed by atoms with Gasteiger partial charge in [-0.25, -0.2) is 8.78 Å². The molecule has 0 spiro atoms. The van der Waals surface area contributed by atoms with E-state index < -0.39 is 35.3 Å². The number of hydrogen-bond donors (Lipinski definition) is 3. The molecule has 1 atom stereocenters. The third-order valence-corrected chi connectivity index (χ3v) is 5.23. The molecule has 0 fully saturated rings. The average molecular weight is 489 g/mol. The molecule has 2 amide bonds. The Morgan fingerprint density at radius 1 is 0.941 bits per heavy atom. The lowest BCUT2D eigenvalue weighted by molar-refractivity contribution is -0.124. The number of aryl methyl sites for hydroxylation is 1. The van der Waals surface area contributed by atoms with Crippen LogP contribution in [0, 0.1) is 24.5 Å². The standard InChI is InChI=1S/C25H23ClF2N2O4/c1-13(2)23(34-16-7-4-14(3)5-8-16)25(33)29-20-12-22(31)21(11-17(20)26)30-24(32)15-6-9-18(27)19(28)10-15/h4-13,23,31H,1-3H3,(H,29,33)(H,30,32). The predicted octanol–water partition coefficient (Wildman–Crippen LogP) is 5.93. The highest BCUT2D eigenvalue weighted by atomic mass is 35.5. The monoisotopic (exact) mass is 488 g/mol. The first-order valence-corrected chi connectivity index (χ1v) is 10.8. The Balaban J connectivity index is 1.75. The first-order valence-electron chi connectivity index (χ1n) is 10.4. The first kappa shape index (κ1) is 25.0. The van der Waals surface area contributed by atoms with E-state index in [9.17, 15) is 23.5 Å². The molecule has 0 heterocycles. The number of amides is 2. The Morgan fingerprint density at radius 2 is 1.62 bits per heavy atom. The maximum Gasteiger partial charge on any atom is 0.265 e. The van der Waals surface area contributed by atoms with Crippen LogP contribution >= 0.6 is 11.6 Å². The molecule has 6 nitrogen and oxygen atoms in total. The SMILES string of the molecule is Cc1ccc(OC(C(=O)Nc2cc(O)c(NC(=O)c3ccc(F)c(F)c3)cc2Cl)C(C)C)cc1. The lowest BCUT2D eigenvalue weighted by Crippen LogP contribution is -2.37. The van der Waals surface area contributed by atoms with E-state index in [1.807, 2.05) is 32.9 Å². The number of carbonyl (C=O) groups excluding carboxylic acids is 2. The largest absolute Gasteiger partial charge is 0.506 e. The van der Waals surface area contributed by atoms with E-state index in [-0.39, 0.29) is 27.9 Å². The van der Waals surface area contributed by atoms with Crippen molar-refractivity contribution in [3.8, 4) is 11.5 Å². The molecule has 34 heavy (non-hydrogen) atoms. The first-order chi connectivity index (χ1) is 16.0. The summed E-state index contributed by atoms with van der Waals surface area (Å²) in [5.41, 5.74) is 0.930. The minimum absolute atomic E-state index is 0.0320. The second-order valence-corrected chi connectivity index (χ2v) is 8.42. The highest BCUT2D eigenvalue weighted by Crippen LogP contribution is 2.34. The molecule has 3 aromatic carbocycles. The van der Waals surface area contributed by atoms with Gasteiger partial charge in [-0.05, 0) is 49.2 Å². The van der Waals surface area contributed by atoms with Gasteiger partial charge < -0.3 is 20.5 Å². The van der Waals surface area contributed by atoms with Crippen LogP contribution in [0.1, 0.15) is 29.8 Å². The minimum atomic E-state index is -1.18. The van der Waals surface area contributed by atoms with E-state index in [1.54, 1.807) is 12.1 Å². The van der Waals surface area contributed by atoms with Crippen molar-refractivity contribution in [1.82, 2.24) is 0 Å². The highest BCUT2D eigenvalue weighted by Gasteiger charge is 2.25. The number of phenols is 1. The van der Waals surface area contributed by atoms with Crippen LogP contribution in [0.4, 0.5) is 20.2 Å². The van der Waals surface area contributed by atoms with Crippen molar-refractivity contribution < 1.29 is 28.2 Å². The zero-order valence-corrected chi connectivity index (χ0v) is 19.4. The molecule has 1 unspecified atom stereocenters. The van der Waals surface area contributed by atoms with E-state index in [1.165, 1.54) is 12.1 Å². The zero-order valence-electron chi connectivity index (χ0n) is 18.7. The number of phenolic OH excluding ortho intramolecular Hbond substituents is 1. The van der Waals surface area contributed by atoms with Crippen molar-refractivity contribution in [3.63, 3.8) is 0 Å². The molecule has 0 bridgehead atoms. The number of halogens is 3. The normalized spacial score (nSPS) is 11.7. The van der Waals surface area contributed by atoms with Crippen LogP contribution in [0.15, 0.2) is 54.6 Å². The van der Waals surface area contributed by atoms with E-state index >= 15 is 0 Å². The number of ether oxygens (including phenoxy) is 1. The van der Waals surface area contributed by atoms with Gasteiger partial charge in [-0.1, -0.05) is 43.1 Å². The lowest BCUT2D eigenvalue weighted by Gasteiger charge is -2.22. The summed E-state index contributed by atoms with van der Waals surface area (Å²) in [6, 6.07) is 12.3. The Morgan fingerprint density at radius 3 is 2.24 bits per heavy atom. The van der Waals surface area contributed by atoms with Gasteiger partial charge in [-0.2, -0.15) is 0 Å². The van der Waals surface area contributed by atoms with Gasteiger partial charge in [0.2, 0.25) is 0 Å². The van der Waals surface area contributed by atoms with Crippen molar-refractivity contribution in [2.45, 2.75) is 26.9 Å². The third kappa shape index (κ3) is 6.02. The van der Waals surface area contributed by atoms with E-state index in [0.29, 0.717) is 5.75 Å². The molecule has 0 aromatic heterocycles. The Labute approximate surface area is 200 Å². The summed E-state index contributed by atoms with van der Waals surface area (Å²) in [5.74, 6) is -3.57. The van der Waals surface area contributed by atoms with Crippen LogP contribution in [0.5, 0.6) is 11.5 Å². The summed E-state index contributed by atoms with van der Waals surface area (Å²) >= 11 is 6.26. The number of aromatic hydroxyl groups is 1. The van der Waals surface area contributed by atoms with Gasteiger partial charge >= 0.3 is 0 Å².